The highest BCUT2D eigenvalue weighted by atomic mass is 16.5. The molecule has 0 aliphatic heterocycles. The Morgan fingerprint density at radius 2 is 1.92 bits per heavy atom. The van der Waals surface area contributed by atoms with E-state index < -0.39 is 17.2 Å². The van der Waals surface area contributed by atoms with Gasteiger partial charge in [-0.25, -0.2) is 4.79 Å². The summed E-state index contributed by atoms with van der Waals surface area (Å²) in [6.07, 6.45) is 0. The molecule has 0 saturated heterocycles. The van der Waals surface area contributed by atoms with Crippen LogP contribution in [0.3, 0.4) is 0 Å². The summed E-state index contributed by atoms with van der Waals surface area (Å²) in [5.41, 5.74) is -0.524. The number of benzene rings is 1. The number of nitrogens with zero attached hydrogens (tertiary/aromatic N) is 1. The maximum Gasteiger partial charge on any atom is 0.326 e. The second kappa shape index (κ2) is 7.63. The van der Waals surface area contributed by atoms with E-state index in [-0.39, 0.29) is 5.69 Å². The first-order valence-corrected chi connectivity index (χ1v) is 7.66. The Morgan fingerprint density at radius 3 is 2.58 bits per heavy atom. The highest BCUT2D eigenvalue weighted by Crippen LogP contribution is 2.20. The first-order valence-electron chi connectivity index (χ1n) is 7.66. The molecule has 24 heavy (non-hydrogen) atoms. The van der Waals surface area contributed by atoms with E-state index in [1.807, 2.05) is 29.2 Å². The zero-order chi connectivity index (χ0) is 17.7. The summed E-state index contributed by atoms with van der Waals surface area (Å²) >= 11 is 0. The van der Waals surface area contributed by atoms with Gasteiger partial charge in [-0.05, 0) is 12.0 Å². The number of aromatic nitrogens is 2. The third kappa shape index (κ3) is 4.58. The van der Waals surface area contributed by atoms with Gasteiger partial charge in [-0.3, -0.25) is 14.6 Å². The second-order valence-electron chi connectivity index (χ2n) is 5.98. The van der Waals surface area contributed by atoms with Gasteiger partial charge in [0.15, 0.2) is 0 Å². The van der Waals surface area contributed by atoms with Crippen LogP contribution >= 0.6 is 0 Å². The molecule has 7 heteroatoms. The maximum atomic E-state index is 12.4. The molecule has 2 N–H and O–H groups in total. The maximum absolute atomic E-state index is 12.4. The lowest BCUT2D eigenvalue weighted by atomic mass is 10.1. The van der Waals surface area contributed by atoms with Gasteiger partial charge in [0.1, 0.15) is 11.4 Å². The van der Waals surface area contributed by atoms with Crippen LogP contribution < -0.4 is 16.0 Å². The SMILES string of the molecule is CC(C)COc1ccccc1CN(C)C(=O)c1cc(=O)[nH]c(=O)[nH]1. The zero-order valence-corrected chi connectivity index (χ0v) is 14.0. The average molecular weight is 331 g/mol. The topological polar surface area (TPSA) is 95.3 Å². The van der Waals surface area contributed by atoms with Gasteiger partial charge in [-0.15, -0.1) is 0 Å². The van der Waals surface area contributed by atoms with Crippen molar-refractivity contribution in [2.24, 2.45) is 5.92 Å². The van der Waals surface area contributed by atoms with E-state index in [0.29, 0.717) is 24.8 Å². The van der Waals surface area contributed by atoms with Crippen LogP contribution in [-0.4, -0.2) is 34.4 Å². The minimum Gasteiger partial charge on any atom is -0.493 e. The minimum absolute atomic E-state index is 0.0492. The standard InChI is InChI=1S/C17H21N3O4/c1-11(2)10-24-14-7-5-4-6-12(14)9-20(3)16(22)13-8-15(21)19-17(23)18-13/h4-8,11H,9-10H2,1-3H3,(H2,18,19,21,23). The van der Waals surface area contributed by atoms with Gasteiger partial charge in [0.05, 0.1) is 6.61 Å². The third-order valence-electron chi connectivity index (χ3n) is 3.29. The van der Waals surface area contributed by atoms with Crippen molar-refractivity contribution in [3.05, 3.63) is 62.4 Å². The van der Waals surface area contributed by atoms with Crippen LogP contribution in [0.15, 0.2) is 39.9 Å². The molecule has 0 saturated carbocycles. The van der Waals surface area contributed by atoms with Crippen molar-refractivity contribution in [3.8, 4) is 5.75 Å². The summed E-state index contributed by atoms with van der Waals surface area (Å²) in [6.45, 7) is 4.99. The van der Waals surface area contributed by atoms with Crippen molar-refractivity contribution in [1.29, 1.82) is 0 Å². The predicted octanol–water partition coefficient (Wildman–Crippen LogP) is 1.37. The number of carbonyl (C=O) groups is 1. The molecular weight excluding hydrogens is 310 g/mol. The van der Waals surface area contributed by atoms with Crippen molar-refractivity contribution < 1.29 is 9.53 Å². The number of rotatable bonds is 6. The molecule has 0 fully saturated rings. The summed E-state index contributed by atoms with van der Waals surface area (Å²) in [4.78, 5) is 40.8. The smallest absolute Gasteiger partial charge is 0.326 e. The molecule has 0 unspecified atom stereocenters. The molecular formula is C17H21N3O4. The second-order valence-corrected chi connectivity index (χ2v) is 5.98. The Morgan fingerprint density at radius 1 is 1.21 bits per heavy atom. The van der Waals surface area contributed by atoms with Crippen LogP contribution in [0.2, 0.25) is 0 Å². The lowest BCUT2D eigenvalue weighted by Gasteiger charge is -2.19. The molecule has 0 aliphatic rings. The van der Waals surface area contributed by atoms with Crippen LogP contribution in [0.4, 0.5) is 0 Å². The molecule has 0 radical (unpaired) electrons. The summed E-state index contributed by atoms with van der Waals surface area (Å²) < 4.78 is 5.77. The van der Waals surface area contributed by atoms with Crippen molar-refractivity contribution in [1.82, 2.24) is 14.9 Å². The molecule has 2 aromatic rings. The molecule has 2 rings (SSSR count). The Labute approximate surface area is 139 Å². The average Bonchev–Trinajstić information content (AvgIpc) is 2.52. The van der Waals surface area contributed by atoms with Crippen LogP contribution in [0.1, 0.15) is 29.9 Å². The molecule has 1 amide bonds. The number of ether oxygens (including phenoxy) is 1. The molecule has 1 heterocycles. The summed E-state index contributed by atoms with van der Waals surface area (Å²) in [5, 5.41) is 0. The quantitative estimate of drug-likeness (QED) is 0.836. The Balaban J connectivity index is 2.17. The van der Waals surface area contributed by atoms with Crippen LogP contribution in [0.25, 0.3) is 0 Å². The highest BCUT2D eigenvalue weighted by molar-refractivity contribution is 5.91. The van der Waals surface area contributed by atoms with Gasteiger partial charge in [-0.2, -0.15) is 0 Å². The van der Waals surface area contributed by atoms with E-state index in [1.165, 1.54) is 4.90 Å². The number of H-pyrrole nitrogens is 2. The molecule has 128 valence electrons. The van der Waals surface area contributed by atoms with Crippen molar-refractivity contribution in [2.75, 3.05) is 13.7 Å². The Hall–Kier alpha value is -2.83. The van der Waals surface area contributed by atoms with E-state index in [9.17, 15) is 14.4 Å². The van der Waals surface area contributed by atoms with Gasteiger partial charge in [0.25, 0.3) is 11.5 Å². The lowest BCUT2D eigenvalue weighted by molar-refractivity contribution is 0.0777. The van der Waals surface area contributed by atoms with Crippen molar-refractivity contribution >= 4 is 5.91 Å². The lowest BCUT2D eigenvalue weighted by Crippen LogP contribution is -2.32. The summed E-state index contributed by atoms with van der Waals surface area (Å²) in [5.74, 6) is 0.653. The number of hydrogen-bond acceptors (Lipinski definition) is 4. The van der Waals surface area contributed by atoms with Gasteiger partial charge in [0, 0.05) is 25.2 Å². The monoisotopic (exact) mass is 331 g/mol. The van der Waals surface area contributed by atoms with Gasteiger partial charge in [-0.1, -0.05) is 32.0 Å². The van der Waals surface area contributed by atoms with Crippen LogP contribution in [0.5, 0.6) is 5.75 Å². The van der Waals surface area contributed by atoms with Crippen LogP contribution in [-0.2, 0) is 6.54 Å². The Kier molecular flexibility index (Phi) is 5.57. The van der Waals surface area contributed by atoms with E-state index >= 15 is 0 Å². The first-order chi connectivity index (χ1) is 11.4. The minimum atomic E-state index is -0.708. The molecule has 0 bridgehead atoms. The number of carbonyl (C=O) groups excluding carboxylic acids is 1. The number of amides is 1. The van der Waals surface area contributed by atoms with Crippen molar-refractivity contribution in [2.45, 2.75) is 20.4 Å². The predicted molar refractivity (Wildman–Crippen MR) is 90.3 cm³/mol. The number of aromatic amines is 2. The fourth-order valence-corrected chi connectivity index (χ4v) is 2.15. The third-order valence-corrected chi connectivity index (χ3v) is 3.29. The largest absolute Gasteiger partial charge is 0.493 e. The summed E-state index contributed by atoms with van der Waals surface area (Å²) in [6, 6.07) is 8.53. The number of hydrogen-bond donors (Lipinski definition) is 2. The molecule has 0 atom stereocenters. The molecule has 0 aliphatic carbocycles. The van der Waals surface area contributed by atoms with Crippen molar-refractivity contribution in [3.63, 3.8) is 0 Å². The molecule has 1 aromatic carbocycles. The van der Waals surface area contributed by atoms with E-state index in [1.54, 1.807) is 7.05 Å². The number of para-hydroxylation sites is 1. The van der Waals surface area contributed by atoms with E-state index in [4.69, 9.17) is 4.74 Å². The van der Waals surface area contributed by atoms with Gasteiger partial charge in [0.2, 0.25) is 0 Å². The fourth-order valence-electron chi connectivity index (χ4n) is 2.15. The Bertz CT molecular complexity index is 795. The normalized spacial score (nSPS) is 10.7. The van der Waals surface area contributed by atoms with E-state index in [0.717, 1.165) is 11.6 Å². The first kappa shape index (κ1) is 17.5. The molecule has 0 spiro atoms. The molecule has 1 aromatic heterocycles. The van der Waals surface area contributed by atoms with E-state index in [2.05, 4.69) is 18.8 Å². The van der Waals surface area contributed by atoms with Crippen LogP contribution in [0, 0.1) is 5.92 Å². The summed E-state index contributed by atoms with van der Waals surface area (Å²) in [7, 11) is 1.60. The highest BCUT2D eigenvalue weighted by Gasteiger charge is 2.16. The zero-order valence-electron chi connectivity index (χ0n) is 14.0. The van der Waals surface area contributed by atoms with Gasteiger partial charge < -0.3 is 14.6 Å². The number of nitrogens with one attached hydrogen (secondary N) is 2. The molecule has 7 nitrogen and oxygen atoms in total. The fraction of sp³-hybridized carbons (Fsp3) is 0.353. The van der Waals surface area contributed by atoms with Gasteiger partial charge >= 0.3 is 5.69 Å².